The summed E-state index contributed by atoms with van der Waals surface area (Å²) >= 11 is 6.01. The van der Waals surface area contributed by atoms with Gasteiger partial charge in [-0.05, 0) is 49.9 Å². The van der Waals surface area contributed by atoms with E-state index in [2.05, 4.69) is 5.32 Å². The third-order valence-corrected chi connectivity index (χ3v) is 3.93. The zero-order valence-corrected chi connectivity index (χ0v) is 12.1. The third kappa shape index (κ3) is 4.44. The van der Waals surface area contributed by atoms with Gasteiger partial charge in [0.1, 0.15) is 0 Å². The zero-order chi connectivity index (χ0) is 14.4. The van der Waals surface area contributed by atoms with Gasteiger partial charge in [0.15, 0.2) is 0 Å². The molecule has 0 aliphatic carbocycles. The van der Waals surface area contributed by atoms with E-state index in [0.717, 1.165) is 25.1 Å². The summed E-state index contributed by atoms with van der Waals surface area (Å²) in [5.41, 5.74) is 0.797. The molecular weight excluding hydrogens is 280 g/mol. The van der Waals surface area contributed by atoms with Crippen LogP contribution in [0.15, 0.2) is 18.2 Å². The minimum atomic E-state index is -0.452. The molecule has 0 amide bonds. The van der Waals surface area contributed by atoms with E-state index in [-0.39, 0.29) is 5.69 Å². The van der Waals surface area contributed by atoms with Crippen LogP contribution in [0.1, 0.15) is 24.8 Å². The Balaban J connectivity index is 1.74. The number of piperidine rings is 1. The number of rotatable bonds is 6. The van der Waals surface area contributed by atoms with Gasteiger partial charge in [-0.1, -0.05) is 11.6 Å². The second kappa shape index (κ2) is 7.57. The summed E-state index contributed by atoms with van der Waals surface area (Å²) in [5, 5.41) is 14.4. The summed E-state index contributed by atoms with van der Waals surface area (Å²) in [6, 6.07) is 4.48. The van der Waals surface area contributed by atoms with E-state index in [1.165, 1.54) is 25.0 Å². The summed E-state index contributed by atoms with van der Waals surface area (Å²) in [7, 11) is 0. The fourth-order valence-electron chi connectivity index (χ4n) is 2.37. The number of non-ortho nitro benzene ring substituents is 1. The topological polar surface area (TPSA) is 64.4 Å². The molecule has 1 aliphatic heterocycles. The van der Waals surface area contributed by atoms with Crippen molar-refractivity contribution in [1.82, 2.24) is 5.32 Å². The molecule has 6 heteroatoms. The van der Waals surface area contributed by atoms with Gasteiger partial charge in [0.05, 0.1) is 16.6 Å². The van der Waals surface area contributed by atoms with Gasteiger partial charge in [0.25, 0.3) is 5.69 Å². The number of hydrogen-bond donors (Lipinski definition) is 1. The number of hydrogen-bond acceptors (Lipinski definition) is 4. The highest BCUT2D eigenvalue weighted by Crippen LogP contribution is 2.23. The Morgan fingerprint density at radius 2 is 2.35 bits per heavy atom. The lowest BCUT2D eigenvalue weighted by molar-refractivity contribution is -0.384. The number of nitrogens with one attached hydrogen (secondary N) is 1. The van der Waals surface area contributed by atoms with E-state index in [9.17, 15) is 10.1 Å². The highest BCUT2D eigenvalue weighted by molar-refractivity contribution is 6.31. The average Bonchev–Trinajstić information content (AvgIpc) is 2.46. The molecule has 0 aromatic heterocycles. The molecule has 1 aliphatic rings. The molecule has 1 aromatic rings. The Kier molecular flexibility index (Phi) is 5.76. The molecule has 0 bridgehead atoms. The van der Waals surface area contributed by atoms with Crippen molar-refractivity contribution in [2.24, 2.45) is 5.92 Å². The van der Waals surface area contributed by atoms with Gasteiger partial charge in [-0.25, -0.2) is 0 Å². The molecule has 0 saturated carbocycles. The lowest BCUT2D eigenvalue weighted by atomic mass is 9.97. The van der Waals surface area contributed by atoms with Gasteiger partial charge in [0, 0.05) is 18.7 Å². The second-order valence-corrected chi connectivity index (χ2v) is 5.49. The molecule has 2 rings (SSSR count). The average molecular weight is 299 g/mol. The van der Waals surface area contributed by atoms with Crippen molar-refractivity contribution in [1.29, 1.82) is 0 Å². The summed E-state index contributed by atoms with van der Waals surface area (Å²) < 4.78 is 5.62. The monoisotopic (exact) mass is 298 g/mol. The summed E-state index contributed by atoms with van der Waals surface area (Å²) in [5.74, 6) is 0.691. The molecule has 1 heterocycles. The number of nitro benzene ring substituents is 1. The highest BCUT2D eigenvalue weighted by atomic mass is 35.5. The van der Waals surface area contributed by atoms with Gasteiger partial charge in [-0.15, -0.1) is 0 Å². The number of nitrogens with zero attached hydrogens (tertiary/aromatic N) is 1. The second-order valence-electron chi connectivity index (χ2n) is 5.09. The predicted molar refractivity (Wildman–Crippen MR) is 78.0 cm³/mol. The van der Waals surface area contributed by atoms with Crippen molar-refractivity contribution in [2.45, 2.75) is 25.9 Å². The van der Waals surface area contributed by atoms with Gasteiger partial charge < -0.3 is 10.1 Å². The van der Waals surface area contributed by atoms with Crippen LogP contribution in [0.5, 0.6) is 0 Å². The van der Waals surface area contributed by atoms with E-state index in [4.69, 9.17) is 16.3 Å². The molecule has 20 heavy (non-hydrogen) atoms. The molecule has 1 aromatic carbocycles. The van der Waals surface area contributed by atoms with Crippen molar-refractivity contribution in [2.75, 3.05) is 19.7 Å². The van der Waals surface area contributed by atoms with Crippen LogP contribution < -0.4 is 5.32 Å². The maximum absolute atomic E-state index is 10.6. The Labute approximate surface area is 123 Å². The van der Waals surface area contributed by atoms with Crippen molar-refractivity contribution in [3.05, 3.63) is 38.9 Å². The summed E-state index contributed by atoms with van der Waals surface area (Å²) in [6.07, 6.45) is 3.53. The van der Waals surface area contributed by atoms with Crippen LogP contribution in [0.3, 0.4) is 0 Å². The van der Waals surface area contributed by atoms with Crippen LogP contribution in [-0.4, -0.2) is 24.6 Å². The summed E-state index contributed by atoms with van der Waals surface area (Å²) in [4.78, 5) is 10.2. The molecule has 1 unspecified atom stereocenters. The lowest BCUT2D eigenvalue weighted by Crippen LogP contribution is -2.30. The van der Waals surface area contributed by atoms with Crippen molar-refractivity contribution in [3.8, 4) is 0 Å². The number of nitro groups is 1. The van der Waals surface area contributed by atoms with Crippen LogP contribution in [-0.2, 0) is 11.3 Å². The quantitative estimate of drug-likeness (QED) is 0.498. The molecule has 0 spiro atoms. The van der Waals surface area contributed by atoms with Crippen molar-refractivity contribution >= 4 is 17.3 Å². The molecule has 0 radical (unpaired) electrons. The van der Waals surface area contributed by atoms with Gasteiger partial charge in [0.2, 0.25) is 0 Å². The SMILES string of the molecule is O=[N+]([O-])c1ccc(COCCC2CCCNC2)c(Cl)c1. The van der Waals surface area contributed by atoms with Crippen LogP contribution in [0.4, 0.5) is 5.69 Å². The first-order valence-electron chi connectivity index (χ1n) is 6.88. The molecule has 5 nitrogen and oxygen atoms in total. The fraction of sp³-hybridized carbons (Fsp3) is 0.571. The highest BCUT2D eigenvalue weighted by Gasteiger charge is 2.13. The molecular formula is C14H19ClN2O3. The van der Waals surface area contributed by atoms with E-state index < -0.39 is 4.92 Å². The first-order valence-corrected chi connectivity index (χ1v) is 7.26. The number of ether oxygens (including phenoxy) is 1. The number of halogens is 1. The fourth-order valence-corrected chi connectivity index (χ4v) is 2.60. The smallest absolute Gasteiger partial charge is 0.270 e. The number of benzene rings is 1. The molecule has 110 valence electrons. The largest absolute Gasteiger partial charge is 0.377 e. The standard InChI is InChI=1S/C14H19ClN2O3/c15-14-8-13(17(18)19)4-3-12(14)10-20-7-5-11-2-1-6-16-9-11/h3-4,8,11,16H,1-2,5-7,9-10H2. The van der Waals surface area contributed by atoms with Crippen LogP contribution in [0, 0.1) is 16.0 Å². The van der Waals surface area contributed by atoms with Crippen molar-refractivity contribution in [3.63, 3.8) is 0 Å². The molecule has 1 atom stereocenters. The predicted octanol–water partition coefficient (Wildman–Crippen LogP) is 3.15. The molecule has 1 fully saturated rings. The minimum Gasteiger partial charge on any atom is -0.377 e. The van der Waals surface area contributed by atoms with E-state index in [0.29, 0.717) is 24.2 Å². The first kappa shape index (κ1) is 15.2. The molecule has 1 saturated heterocycles. The van der Waals surface area contributed by atoms with Gasteiger partial charge in [-0.2, -0.15) is 0 Å². The lowest BCUT2D eigenvalue weighted by Gasteiger charge is -2.22. The normalized spacial score (nSPS) is 18.9. The maximum atomic E-state index is 10.6. The van der Waals surface area contributed by atoms with Gasteiger partial charge in [-0.3, -0.25) is 10.1 Å². The van der Waals surface area contributed by atoms with Gasteiger partial charge >= 0.3 is 0 Å². The minimum absolute atomic E-state index is 0.00651. The Hall–Kier alpha value is -1.17. The Bertz CT molecular complexity index is 462. The summed E-state index contributed by atoms with van der Waals surface area (Å²) in [6.45, 7) is 3.29. The molecule has 1 N–H and O–H groups in total. The van der Waals surface area contributed by atoms with E-state index in [1.54, 1.807) is 6.07 Å². The Morgan fingerprint density at radius 3 is 3.00 bits per heavy atom. The van der Waals surface area contributed by atoms with E-state index in [1.807, 2.05) is 0 Å². The maximum Gasteiger partial charge on any atom is 0.270 e. The van der Waals surface area contributed by atoms with E-state index >= 15 is 0 Å². The first-order chi connectivity index (χ1) is 9.66. The Morgan fingerprint density at radius 1 is 1.50 bits per heavy atom. The zero-order valence-electron chi connectivity index (χ0n) is 11.3. The van der Waals surface area contributed by atoms with Crippen molar-refractivity contribution < 1.29 is 9.66 Å². The van der Waals surface area contributed by atoms with Crippen LogP contribution >= 0.6 is 11.6 Å². The third-order valence-electron chi connectivity index (χ3n) is 3.57. The van der Waals surface area contributed by atoms with Crippen LogP contribution in [0.25, 0.3) is 0 Å². The van der Waals surface area contributed by atoms with Crippen LogP contribution in [0.2, 0.25) is 5.02 Å².